The minimum atomic E-state index is -1.26. The third-order valence-electron chi connectivity index (χ3n) is 3.28. The van der Waals surface area contributed by atoms with Crippen LogP contribution in [0.25, 0.3) is 6.08 Å². The fourth-order valence-electron chi connectivity index (χ4n) is 2.18. The van der Waals surface area contributed by atoms with Crippen LogP contribution in [0.1, 0.15) is 40.1 Å². The van der Waals surface area contributed by atoms with Crippen molar-refractivity contribution in [1.82, 2.24) is 0 Å². The Balaban J connectivity index is 2.38. The SMILES string of the molecule is CC(C)Oc1c(C(=O)O)ccc(C(=O)/C=C/c2cccc(O)c2)c1O. The number of hydrogen-bond acceptors (Lipinski definition) is 5. The summed E-state index contributed by atoms with van der Waals surface area (Å²) in [7, 11) is 0. The van der Waals surface area contributed by atoms with Crippen molar-refractivity contribution < 1.29 is 29.6 Å². The molecule has 0 amide bonds. The summed E-state index contributed by atoms with van der Waals surface area (Å²) >= 11 is 0. The first-order chi connectivity index (χ1) is 11.8. The molecule has 6 nitrogen and oxygen atoms in total. The number of hydrogen-bond donors (Lipinski definition) is 3. The van der Waals surface area contributed by atoms with Gasteiger partial charge in [-0.1, -0.05) is 18.2 Å². The van der Waals surface area contributed by atoms with Crippen molar-refractivity contribution in [1.29, 1.82) is 0 Å². The molecule has 2 rings (SSSR count). The summed E-state index contributed by atoms with van der Waals surface area (Å²) in [6.45, 7) is 3.36. The van der Waals surface area contributed by atoms with Gasteiger partial charge in [0, 0.05) is 0 Å². The molecule has 2 aromatic rings. The molecule has 6 heteroatoms. The summed E-state index contributed by atoms with van der Waals surface area (Å²) in [6.07, 6.45) is 2.33. The van der Waals surface area contributed by atoms with Gasteiger partial charge in [0.15, 0.2) is 17.3 Å². The predicted octanol–water partition coefficient (Wildman–Crippen LogP) is 3.48. The molecule has 0 bridgehead atoms. The van der Waals surface area contributed by atoms with Crippen molar-refractivity contribution in [3.05, 3.63) is 59.2 Å². The molecule has 3 N–H and O–H groups in total. The lowest BCUT2D eigenvalue weighted by atomic mass is 10.0. The monoisotopic (exact) mass is 342 g/mol. The normalized spacial score (nSPS) is 11.0. The number of allylic oxidation sites excluding steroid dienone is 1. The largest absolute Gasteiger partial charge is 0.508 e. The highest BCUT2D eigenvalue weighted by atomic mass is 16.5. The molecule has 25 heavy (non-hydrogen) atoms. The first kappa shape index (κ1) is 18.1. The number of carbonyl (C=O) groups excluding carboxylic acids is 1. The second kappa shape index (κ2) is 7.53. The summed E-state index contributed by atoms with van der Waals surface area (Å²) < 4.78 is 5.37. The lowest BCUT2D eigenvalue weighted by Gasteiger charge is -2.15. The van der Waals surface area contributed by atoms with Crippen molar-refractivity contribution >= 4 is 17.8 Å². The van der Waals surface area contributed by atoms with E-state index in [2.05, 4.69) is 0 Å². The molecule has 130 valence electrons. The molecule has 2 aromatic carbocycles. The first-order valence-electron chi connectivity index (χ1n) is 7.57. The number of phenolic OH excluding ortho intramolecular Hbond substituents is 2. The number of aromatic carboxylic acids is 1. The molecule has 0 aliphatic rings. The maximum Gasteiger partial charge on any atom is 0.339 e. The Bertz CT molecular complexity index is 836. The van der Waals surface area contributed by atoms with E-state index in [-0.39, 0.29) is 28.7 Å². The van der Waals surface area contributed by atoms with E-state index in [0.29, 0.717) is 5.56 Å². The van der Waals surface area contributed by atoms with Crippen LogP contribution in [0, 0.1) is 0 Å². The minimum Gasteiger partial charge on any atom is -0.508 e. The lowest BCUT2D eigenvalue weighted by molar-refractivity contribution is 0.0688. The fourth-order valence-corrected chi connectivity index (χ4v) is 2.18. The number of aromatic hydroxyl groups is 2. The number of rotatable bonds is 6. The Morgan fingerprint density at radius 1 is 1.08 bits per heavy atom. The van der Waals surface area contributed by atoms with Crippen molar-refractivity contribution in [2.24, 2.45) is 0 Å². The molecular formula is C19H18O6. The van der Waals surface area contributed by atoms with Gasteiger partial charge in [-0.2, -0.15) is 0 Å². The van der Waals surface area contributed by atoms with Crippen molar-refractivity contribution in [3.63, 3.8) is 0 Å². The molecular weight excluding hydrogens is 324 g/mol. The third kappa shape index (κ3) is 4.38. The molecule has 0 aromatic heterocycles. The molecule has 0 atom stereocenters. The topological polar surface area (TPSA) is 104 Å². The number of ether oxygens (including phenoxy) is 1. The molecule has 0 spiro atoms. The van der Waals surface area contributed by atoms with Gasteiger partial charge in [0.2, 0.25) is 0 Å². The summed E-state index contributed by atoms with van der Waals surface area (Å²) in [6, 6.07) is 8.77. The van der Waals surface area contributed by atoms with Crippen molar-refractivity contribution in [2.45, 2.75) is 20.0 Å². The van der Waals surface area contributed by atoms with Crippen LogP contribution in [0.2, 0.25) is 0 Å². The van der Waals surface area contributed by atoms with Gasteiger partial charge >= 0.3 is 5.97 Å². The van der Waals surface area contributed by atoms with Crippen LogP contribution >= 0.6 is 0 Å². The Morgan fingerprint density at radius 2 is 1.76 bits per heavy atom. The van der Waals surface area contributed by atoms with E-state index in [4.69, 9.17) is 4.74 Å². The van der Waals surface area contributed by atoms with Gasteiger partial charge in [0.25, 0.3) is 0 Å². The summed E-state index contributed by atoms with van der Waals surface area (Å²) in [4.78, 5) is 23.6. The third-order valence-corrected chi connectivity index (χ3v) is 3.28. The van der Waals surface area contributed by atoms with E-state index in [0.717, 1.165) is 0 Å². The Morgan fingerprint density at radius 3 is 2.36 bits per heavy atom. The smallest absolute Gasteiger partial charge is 0.339 e. The Labute approximate surface area is 144 Å². The Hall–Kier alpha value is -3.28. The van der Waals surface area contributed by atoms with Crippen LogP contribution in [0.3, 0.4) is 0 Å². The van der Waals surface area contributed by atoms with Crippen LogP contribution in [0.5, 0.6) is 17.2 Å². The zero-order chi connectivity index (χ0) is 18.6. The molecule has 0 radical (unpaired) electrons. The molecule has 0 unspecified atom stereocenters. The van der Waals surface area contributed by atoms with Gasteiger partial charge < -0.3 is 20.1 Å². The van der Waals surface area contributed by atoms with Gasteiger partial charge in [0.05, 0.1) is 11.7 Å². The first-order valence-corrected chi connectivity index (χ1v) is 7.57. The van der Waals surface area contributed by atoms with Gasteiger partial charge in [-0.15, -0.1) is 0 Å². The highest BCUT2D eigenvalue weighted by molar-refractivity contribution is 6.10. The maximum atomic E-state index is 12.3. The standard InChI is InChI=1S/C19H18O6/c1-11(2)25-18-15(19(23)24)8-7-14(17(18)22)16(21)9-6-12-4-3-5-13(20)10-12/h3-11,20,22H,1-2H3,(H,23,24)/b9-6+. The number of benzene rings is 2. The molecule has 0 saturated carbocycles. The van der Waals surface area contributed by atoms with Crippen LogP contribution < -0.4 is 4.74 Å². The van der Waals surface area contributed by atoms with Crippen LogP contribution in [0.15, 0.2) is 42.5 Å². The van der Waals surface area contributed by atoms with E-state index < -0.39 is 17.5 Å². The minimum absolute atomic E-state index is 0.0656. The molecule has 0 aliphatic carbocycles. The number of carboxylic acid groups (broad SMARTS) is 1. The van der Waals surface area contributed by atoms with Gasteiger partial charge in [-0.3, -0.25) is 4.79 Å². The van der Waals surface area contributed by atoms with Crippen LogP contribution in [-0.4, -0.2) is 33.2 Å². The Kier molecular flexibility index (Phi) is 5.44. The number of phenols is 2. The second-order valence-corrected chi connectivity index (χ2v) is 5.60. The van der Waals surface area contributed by atoms with E-state index in [1.165, 1.54) is 36.4 Å². The van der Waals surface area contributed by atoms with Gasteiger partial charge in [-0.25, -0.2) is 4.79 Å². The summed E-state index contributed by atoms with van der Waals surface area (Å²) in [5.74, 6) is -2.47. The van der Waals surface area contributed by atoms with Crippen LogP contribution in [-0.2, 0) is 0 Å². The van der Waals surface area contributed by atoms with Gasteiger partial charge in [0.1, 0.15) is 11.3 Å². The quantitative estimate of drug-likeness (QED) is 0.548. The second-order valence-electron chi connectivity index (χ2n) is 5.60. The van der Waals surface area contributed by atoms with E-state index in [1.807, 2.05) is 0 Å². The summed E-state index contributed by atoms with van der Waals surface area (Å²) in [5, 5.41) is 28.9. The van der Waals surface area contributed by atoms with Gasteiger partial charge in [-0.05, 0) is 49.8 Å². The molecule has 0 saturated heterocycles. The van der Waals surface area contributed by atoms with Crippen molar-refractivity contribution in [3.8, 4) is 17.2 Å². The molecule has 0 aliphatic heterocycles. The number of carbonyl (C=O) groups is 2. The average Bonchev–Trinajstić information content (AvgIpc) is 2.54. The van der Waals surface area contributed by atoms with E-state index >= 15 is 0 Å². The van der Waals surface area contributed by atoms with Crippen LogP contribution in [0.4, 0.5) is 0 Å². The van der Waals surface area contributed by atoms with Crippen molar-refractivity contribution in [2.75, 3.05) is 0 Å². The summed E-state index contributed by atoms with van der Waals surface area (Å²) in [5.41, 5.74) is 0.311. The highest BCUT2D eigenvalue weighted by Crippen LogP contribution is 2.35. The average molecular weight is 342 g/mol. The molecule has 0 fully saturated rings. The maximum absolute atomic E-state index is 12.3. The van der Waals surface area contributed by atoms with E-state index in [9.17, 15) is 24.9 Å². The lowest BCUT2D eigenvalue weighted by Crippen LogP contribution is -2.11. The number of ketones is 1. The molecule has 0 heterocycles. The zero-order valence-electron chi connectivity index (χ0n) is 13.8. The predicted molar refractivity (Wildman–Crippen MR) is 92.3 cm³/mol. The number of carboxylic acids is 1. The highest BCUT2D eigenvalue weighted by Gasteiger charge is 2.22. The fraction of sp³-hybridized carbons (Fsp3) is 0.158. The zero-order valence-corrected chi connectivity index (χ0v) is 13.8. The van der Waals surface area contributed by atoms with E-state index in [1.54, 1.807) is 26.0 Å².